The van der Waals surface area contributed by atoms with E-state index in [4.69, 9.17) is 14.5 Å². The Hall–Kier alpha value is -2.70. The Kier molecular flexibility index (Phi) is 5.92. The average molecular weight is 393 g/mol. The molecule has 6 heteroatoms. The quantitative estimate of drug-likeness (QED) is 0.644. The maximum Gasteiger partial charge on any atom is 0.118 e. The van der Waals surface area contributed by atoms with Gasteiger partial charge >= 0.3 is 0 Å². The van der Waals surface area contributed by atoms with Gasteiger partial charge in [-0.25, -0.2) is 0 Å². The molecule has 0 bridgehead atoms. The molecule has 3 aromatic rings. The van der Waals surface area contributed by atoms with Crippen molar-refractivity contribution in [3.63, 3.8) is 0 Å². The van der Waals surface area contributed by atoms with Crippen molar-refractivity contribution in [3.8, 4) is 5.75 Å². The molecule has 1 saturated heterocycles. The van der Waals surface area contributed by atoms with Crippen LogP contribution in [-0.4, -0.2) is 46.5 Å². The summed E-state index contributed by atoms with van der Waals surface area (Å²) >= 11 is 0. The van der Waals surface area contributed by atoms with Gasteiger partial charge in [-0.1, -0.05) is 12.1 Å². The minimum absolute atomic E-state index is 0.00469. The zero-order chi connectivity index (χ0) is 20.2. The van der Waals surface area contributed by atoms with Crippen LogP contribution in [0.15, 0.2) is 48.8 Å². The summed E-state index contributed by atoms with van der Waals surface area (Å²) in [5.41, 5.74) is 5.78. The van der Waals surface area contributed by atoms with Crippen LogP contribution in [0.4, 0.5) is 0 Å². The molecule has 0 N–H and O–H groups in total. The van der Waals surface area contributed by atoms with Crippen molar-refractivity contribution < 1.29 is 9.47 Å². The number of morpholine rings is 1. The second-order valence-corrected chi connectivity index (χ2v) is 7.68. The summed E-state index contributed by atoms with van der Waals surface area (Å²) in [7, 11) is 3.64. The first-order chi connectivity index (χ1) is 14.1. The summed E-state index contributed by atoms with van der Waals surface area (Å²) in [6.45, 7) is 5.42. The first kappa shape index (κ1) is 19.6. The van der Waals surface area contributed by atoms with Crippen molar-refractivity contribution in [1.82, 2.24) is 19.7 Å². The summed E-state index contributed by atoms with van der Waals surface area (Å²) in [5.74, 6) is 0.879. The molecule has 0 unspecified atom stereocenters. The number of rotatable bonds is 6. The Morgan fingerprint density at radius 1 is 1.14 bits per heavy atom. The lowest BCUT2D eigenvalue weighted by atomic mass is 10.0. The van der Waals surface area contributed by atoms with Gasteiger partial charge in [0.2, 0.25) is 0 Å². The molecule has 1 aromatic carbocycles. The number of methoxy groups -OCH3 is 1. The summed E-state index contributed by atoms with van der Waals surface area (Å²) in [4.78, 5) is 7.20. The second-order valence-electron chi connectivity index (χ2n) is 7.68. The molecule has 0 radical (unpaired) electrons. The van der Waals surface area contributed by atoms with Crippen LogP contribution in [0.2, 0.25) is 0 Å². The molecule has 0 saturated carbocycles. The maximum absolute atomic E-state index is 6.09. The van der Waals surface area contributed by atoms with Crippen LogP contribution in [0.3, 0.4) is 0 Å². The van der Waals surface area contributed by atoms with Gasteiger partial charge in [0, 0.05) is 44.1 Å². The highest BCUT2D eigenvalue weighted by atomic mass is 16.5. The van der Waals surface area contributed by atoms with Gasteiger partial charge in [0.05, 0.1) is 25.6 Å². The Balaban J connectivity index is 1.47. The van der Waals surface area contributed by atoms with Gasteiger partial charge in [0.25, 0.3) is 0 Å². The lowest BCUT2D eigenvalue weighted by Gasteiger charge is -2.32. The van der Waals surface area contributed by atoms with Gasteiger partial charge in [0.15, 0.2) is 0 Å². The smallest absolute Gasteiger partial charge is 0.118 e. The molecule has 0 spiro atoms. The number of aromatic nitrogens is 3. The van der Waals surface area contributed by atoms with Crippen LogP contribution < -0.4 is 4.74 Å². The maximum atomic E-state index is 6.09. The third-order valence-electron chi connectivity index (χ3n) is 5.25. The minimum Gasteiger partial charge on any atom is -0.497 e. The molecule has 0 amide bonds. The lowest BCUT2D eigenvalue weighted by molar-refractivity contribution is -0.0350. The summed E-state index contributed by atoms with van der Waals surface area (Å²) < 4.78 is 13.2. The summed E-state index contributed by atoms with van der Waals surface area (Å²) in [6, 6.07) is 12.6. The van der Waals surface area contributed by atoms with Crippen molar-refractivity contribution in [1.29, 1.82) is 0 Å². The van der Waals surface area contributed by atoms with Crippen molar-refractivity contribution in [3.05, 3.63) is 76.9 Å². The third-order valence-corrected chi connectivity index (χ3v) is 5.25. The molecular weight excluding hydrogens is 364 g/mol. The van der Waals surface area contributed by atoms with E-state index in [-0.39, 0.29) is 6.10 Å². The van der Waals surface area contributed by atoms with Crippen LogP contribution in [-0.2, 0) is 24.8 Å². The molecular formula is C23H28N4O2. The van der Waals surface area contributed by atoms with Gasteiger partial charge in [-0.15, -0.1) is 0 Å². The Morgan fingerprint density at radius 2 is 1.97 bits per heavy atom. The van der Waals surface area contributed by atoms with E-state index in [1.165, 1.54) is 16.7 Å². The zero-order valence-corrected chi connectivity index (χ0v) is 17.3. The van der Waals surface area contributed by atoms with Crippen molar-refractivity contribution in [2.24, 2.45) is 7.05 Å². The summed E-state index contributed by atoms with van der Waals surface area (Å²) in [5, 5.41) is 4.27. The highest BCUT2D eigenvalue weighted by Crippen LogP contribution is 2.24. The van der Waals surface area contributed by atoms with Crippen LogP contribution in [0.1, 0.15) is 34.2 Å². The Morgan fingerprint density at radius 3 is 2.69 bits per heavy atom. The molecule has 0 aliphatic carbocycles. The molecule has 29 heavy (non-hydrogen) atoms. The van der Waals surface area contributed by atoms with E-state index in [0.717, 1.165) is 43.2 Å². The molecule has 152 valence electrons. The fourth-order valence-corrected chi connectivity index (χ4v) is 3.85. The SMILES string of the molecule is COc1ccc(Cc2cc(C)nc([C@@H]3CN(Cc4cnn(C)c4)CCO3)c2)cc1. The highest BCUT2D eigenvalue weighted by Gasteiger charge is 2.24. The topological polar surface area (TPSA) is 52.4 Å². The number of pyridine rings is 1. The third kappa shape index (κ3) is 5.02. The summed E-state index contributed by atoms with van der Waals surface area (Å²) in [6.07, 6.45) is 4.87. The first-order valence-corrected chi connectivity index (χ1v) is 10.0. The van der Waals surface area contributed by atoms with Crippen LogP contribution >= 0.6 is 0 Å². The number of hydrogen-bond acceptors (Lipinski definition) is 5. The Labute approximate surface area is 172 Å². The van der Waals surface area contributed by atoms with E-state index in [2.05, 4.69) is 47.4 Å². The van der Waals surface area contributed by atoms with Crippen molar-refractivity contribution in [2.45, 2.75) is 26.0 Å². The van der Waals surface area contributed by atoms with Gasteiger partial charge in [-0.05, 0) is 48.7 Å². The fourth-order valence-electron chi connectivity index (χ4n) is 3.85. The normalized spacial score (nSPS) is 17.4. The molecule has 1 aliphatic heterocycles. The molecule has 3 heterocycles. The number of aryl methyl sites for hydroxylation is 2. The number of hydrogen-bond donors (Lipinski definition) is 0. The largest absolute Gasteiger partial charge is 0.497 e. The van der Waals surface area contributed by atoms with E-state index in [1.54, 1.807) is 7.11 Å². The van der Waals surface area contributed by atoms with Gasteiger partial charge < -0.3 is 9.47 Å². The van der Waals surface area contributed by atoms with Gasteiger partial charge in [0.1, 0.15) is 11.9 Å². The molecule has 6 nitrogen and oxygen atoms in total. The van der Waals surface area contributed by atoms with E-state index >= 15 is 0 Å². The van der Waals surface area contributed by atoms with Crippen LogP contribution in [0.5, 0.6) is 5.75 Å². The van der Waals surface area contributed by atoms with E-state index < -0.39 is 0 Å². The van der Waals surface area contributed by atoms with E-state index in [1.807, 2.05) is 30.1 Å². The minimum atomic E-state index is -0.00469. The lowest BCUT2D eigenvalue weighted by Crippen LogP contribution is -2.38. The first-order valence-electron chi connectivity index (χ1n) is 10.0. The van der Waals surface area contributed by atoms with Crippen LogP contribution in [0, 0.1) is 6.92 Å². The molecule has 1 aliphatic rings. The van der Waals surface area contributed by atoms with Crippen molar-refractivity contribution >= 4 is 0 Å². The molecule has 4 rings (SSSR count). The molecule has 1 fully saturated rings. The average Bonchev–Trinajstić information content (AvgIpc) is 3.13. The van der Waals surface area contributed by atoms with E-state index in [0.29, 0.717) is 6.61 Å². The number of ether oxygens (including phenoxy) is 2. The fraction of sp³-hybridized carbons (Fsp3) is 0.391. The van der Waals surface area contributed by atoms with Crippen LogP contribution in [0.25, 0.3) is 0 Å². The van der Waals surface area contributed by atoms with Gasteiger partial charge in [-0.3, -0.25) is 14.6 Å². The molecule has 2 aromatic heterocycles. The highest BCUT2D eigenvalue weighted by molar-refractivity contribution is 5.33. The second kappa shape index (κ2) is 8.76. The predicted octanol–water partition coefficient (Wildman–Crippen LogP) is 3.30. The molecule has 1 atom stereocenters. The number of benzene rings is 1. The monoisotopic (exact) mass is 392 g/mol. The number of nitrogens with zero attached hydrogens (tertiary/aromatic N) is 4. The van der Waals surface area contributed by atoms with Gasteiger partial charge in [-0.2, -0.15) is 5.10 Å². The Bertz CT molecular complexity index is 952. The van der Waals surface area contributed by atoms with Crippen molar-refractivity contribution in [2.75, 3.05) is 26.8 Å². The predicted molar refractivity (Wildman–Crippen MR) is 112 cm³/mol. The van der Waals surface area contributed by atoms with E-state index in [9.17, 15) is 0 Å². The standard InChI is InChI=1S/C23H28N4O2/c1-17-10-19(11-18-4-6-21(28-3)7-5-18)12-22(25-17)23-16-27(8-9-29-23)15-20-13-24-26(2)14-20/h4-7,10,12-14,23H,8-9,11,15-16H2,1-3H3/t23-/m0/s1. The zero-order valence-electron chi connectivity index (χ0n) is 17.3.